The van der Waals surface area contributed by atoms with Gasteiger partial charge in [0.2, 0.25) is 0 Å². The zero-order chi connectivity index (χ0) is 12.3. The van der Waals surface area contributed by atoms with E-state index in [0.717, 1.165) is 22.5 Å². The van der Waals surface area contributed by atoms with E-state index in [0.29, 0.717) is 0 Å². The fraction of sp³-hybridized carbons (Fsp3) is 0.333. The number of esters is 1. The number of methoxy groups -OCH3 is 1. The van der Waals surface area contributed by atoms with Crippen molar-refractivity contribution in [3.8, 4) is 6.07 Å². The average Bonchev–Trinajstić information content (AvgIpc) is 2.52. The molecule has 0 aliphatic rings. The van der Waals surface area contributed by atoms with Crippen LogP contribution in [0.4, 0.5) is 0 Å². The molecule has 4 heteroatoms. The summed E-state index contributed by atoms with van der Waals surface area (Å²) in [6.45, 7) is 5.88. The maximum absolute atomic E-state index is 11.2. The van der Waals surface area contributed by atoms with Crippen LogP contribution in [0, 0.1) is 32.1 Å². The Morgan fingerprint density at radius 2 is 2.00 bits per heavy atom. The van der Waals surface area contributed by atoms with Crippen molar-refractivity contribution in [2.75, 3.05) is 7.11 Å². The summed E-state index contributed by atoms with van der Waals surface area (Å²) < 4.78 is 4.51. The normalized spacial score (nSPS) is 11.1. The van der Waals surface area contributed by atoms with Crippen LogP contribution < -0.4 is 0 Å². The molecular formula is C12H14N2O2. The van der Waals surface area contributed by atoms with Gasteiger partial charge in [0.1, 0.15) is 11.6 Å². The van der Waals surface area contributed by atoms with Crippen LogP contribution in [-0.4, -0.2) is 18.1 Å². The molecule has 84 valence electrons. The first kappa shape index (κ1) is 12.1. The number of carbonyl (C=O) groups is 1. The predicted molar refractivity (Wildman–Crippen MR) is 60.6 cm³/mol. The average molecular weight is 218 g/mol. The van der Waals surface area contributed by atoms with Crippen molar-refractivity contribution in [1.29, 1.82) is 5.26 Å². The number of aryl methyl sites for hydroxylation is 1. The highest BCUT2D eigenvalue weighted by Gasteiger charge is 2.11. The summed E-state index contributed by atoms with van der Waals surface area (Å²) in [5, 5.41) is 8.82. The first-order valence-corrected chi connectivity index (χ1v) is 4.87. The number of hydrogen-bond donors (Lipinski definition) is 1. The summed E-state index contributed by atoms with van der Waals surface area (Å²) in [4.78, 5) is 14.3. The van der Waals surface area contributed by atoms with Crippen LogP contribution in [0.25, 0.3) is 6.08 Å². The SMILES string of the molecule is COC(=O)C(C#N)=Cc1[nH]c(C)c(C)c1C. The van der Waals surface area contributed by atoms with Crippen molar-refractivity contribution in [2.24, 2.45) is 0 Å². The molecule has 1 N–H and O–H groups in total. The highest BCUT2D eigenvalue weighted by atomic mass is 16.5. The van der Waals surface area contributed by atoms with Crippen LogP contribution in [-0.2, 0) is 9.53 Å². The van der Waals surface area contributed by atoms with Gasteiger partial charge in [-0.1, -0.05) is 0 Å². The topological polar surface area (TPSA) is 65.9 Å². The highest BCUT2D eigenvalue weighted by Crippen LogP contribution is 2.19. The summed E-state index contributed by atoms with van der Waals surface area (Å²) in [7, 11) is 1.26. The molecule has 0 bridgehead atoms. The lowest BCUT2D eigenvalue weighted by Crippen LogP contribution is -2.02. The van der Waals surface area contributed by atoms with Crippen LogP contribution in [0.1, 0.15) is 22.5 Å². The molecule has 0 aliphatic carbocycles. The van der Waals surface area contributed by atoms with Gasteiger partial charge in [0.05, 0.1) is 7.11 Å². The molecule has 0 unspecified atom stereocenters. The lowest BCUT2D eigenvalue weighted by Gasteiger charge is -1.96. The van der Waals surface area contributed by atoms with Gasteiger partial charge in [-0.05, 0) is 38.0 Å². The number of hydrogen-bond acceptors (Lipinski definition) is 3. The standard InChI is InChI=1S/C12H14N2O2/c1-7-8(2)11(14-9(7)3)5-10(6-13)12(15)16-4/h5,14H,1-4H3. The molecule has 1 heterocycles. The zero-order valence-electron chi connectivity index (χ0n) is 9.84. The number of nitriles is 1. The summed E-state index contributed by atoms with van der Waals surface area (Å²) in [6, 6.07) is 1.82. The number of H-pyrrole nitrogens is 1. The molecule has 1 aromatic rings. The van der Waals surface area contributed by atoms with Crippen molar-refractivity contribution < 1.29 is 9.53 Å². The van der Waals surface area contributed by atoms with Gasteiger partial charge >= 0.3 is 5.97 Å². The molecule has 0 radical (unpaired) electrons. The van der Waals surface area contributed by atoms with Crippen LogP contribution in [0.2, 0.25) is 0 Å². The third kappa shape index (κ3) is 2.14. The summed E-state index contributed by atoms with van der Waals surface area (Å²) in [5.41, 5.74) is 3.97. The smallest absolute Gasteiger partial charge is 0.348 e. The van der Waals surface area contributed by atoms with Crippen molar-refractivity contribution >= 4 is 12.0 Å². The second-order valence-corrected chi connectivity index (χ2v) is 3.58. The quantitative estimate of drug-likeness (QED) is 0.469. The number of carbonyl (C=O) groups excluding carboxylic acids is 1. The van der Waals surface area contributed by atoms with Gasteiger partial charge in [-0.25, -0.2) is 4.79 Å². The van der Waals surface area contributed by atoms with Crippen LogP contribution in [0.3, 0.4) is 0 Å². The van der Waals surface area contributed by atoms with Gasteiger partial charge in [0.25, 0.3) is 0 Å². The maximum atomic E-state index is 11.2. The van der Waals surface area contributed by atoms with Gasteiger partial charge in [-0.15, -0.1) is 0 Å². The largest absolute Gasteiger partial charge is 0.465 e. The van der Waals surface area contributed by atoms with Crippen LogP contribution in [0.5, 0.6) is 0 Å². The van der Waals surface area contributed by atoms with Gasteiger partial charge < -0.3 is 9.72 Å². The van der Waals surface area contributed by atoms with Crippen molar-refractivity contribution in [3.63, 3.8) is 0 Å². The highest BCUT2D eigenvalue weighted by molar-refractivity contribution is 5.97. The van der Waals surface area contributed by atoms with Crippen LogP contribution in [0.15, 0.2) is 5.57 Å². The molecule has 4 nitrogen and oxygen atoms in total. The van der Waals surface area contributed by atoms with Crippen molar-refractivity contribution in [3.05, 3.63) is 28.1 Å². The molecule has 0 atom stereocenters. The van der Waals surface area contributed by atoms with Crippen molar-refractivity contribution in [2.45, 2.75) is 20.8 Å². The number of rotatable bonds is 2. The fourth-order valence-corrected chi connectivity index (χ4v) is 1.41. The second kappa shape index (κ2) is 4.67. The Balaban J connectivity index is 3.20. The van der Waals surface area contributed by atoms with E-state index in [1.807, 2.05) is 26.8 Å². The Bertz CT molecular complexity index is 490. The lowest BCUT2D eigenvalue weighted by atomic mass is 10.1. The molecule has 0 aromatic carbocycles. The summed E-state index contributed by atoms with van der Waals surface area (Å²) >= 11 is 0. The minimum Gasteiger partial charge on any atom is -0.465 e. The number of aromatic amines is 1. The minimum atomic E-state index is -0.619. The van der Waals surface area contributed by atoms with E-state index in [9.17, 15) is 4.79 Å². The van der Waals surface area contributed by atoms with Gasteiger partial charge in [0, 0.05) is 11.4 Å². The van der Waals surface area contributed by atoms with Gasteiger partial charge in [0.15, 0.2) is 0 Å². The van der Waals surface area contributed by atoms with E-state index in [1.54, 1.807) is 0 Å². The third-order valence-electron chi connectivity index (χ3n) is 2.67. The molecular weight excluding hydrogens is 204 g/mol. The lowest BCUT2D eigenvalue weighted by molar-refractivity contribution is -0.135. The van der Waals surface area contributed by atoms with Gasteiger partial charge in [-0.3, -0.25) is 0 Å². The fourth-order valence-electron chi connectivity index (χ4n) is 1.41. The van der Waals surface area contributed by atoms with E-state index < -0.39 is 5.97 Å². The second-order valence-electron chi connectivity index (χ2n) is 3.58. The summed E-state index contributed by atoms with van der Waals surface area (Å²) in [5.74, 6) is -0.619. The van der Waals surface area contributed by atoms with E-state index in [4.69, 9.17) is 5.26 Å². The predicted octanol–water partition coefficient (Wildman–Crippen LogP) is 2.02. The van der Waals surface area contributed by atoms with Crippen molar-refractivity contribution in [1.82, 2.24) is 4.98 Å². The number of ether oxygens (including phenoxy) is 1. The monoisotopic (exact) mass is 218 g/mol. The molecule has 0 amide bonds. The molecule has 0 fully saturated rings. The minimum absolute atomic E-state index is 0.00755. The van der Waals surface area contributed by atoms with Gasteiger partial charge in [-0.2, -0.15) is 5.26 Å². The molecule has 1 rings (SSSR count). The molecule has 16 heavy (non-hydrogen) atoms. The van der Waals surface area contributed by atoms with E-state index in [-0.39, 0.29) is 5.57 Å². The zero-order valence-corrected chi connectivity index (χ0v) is 9.84. The molecule has 0 saturated heterocycles. The van der Waals surface area contributed by atoms with E-state index >= 15 is 0 Å². The molecule has 0 spiro atoms. The Morgan fingerprint density at radius 3 is 2.38 bits per heavy atom. The third-order valence-corrected chi connectivity index (χ3v) is 2.67. The first-order chi connectivity index (χ1) is 7.51. The van der Waals surface area contributed by atoms with Crippen LogP contribution >= 0.6 is 0 Å². The Morgan fingerprint density at radius 1 is 1.38 bits per heavy atom. The summed E-state index contributed by atoms with van der Waals surface area (Å²) in [6.07, 6.45) is 1.52. The maximum Gasteiger partial charge on any atom is 0.348 e. The molecule has 1 aromatic heterocycles. The number of nitrogens with zero attached hydrogens (tertiary/aromatic N) is 1. The number of aromatic nitrogens is 1. The number of nitrogens with one attached hydrogen (secondary N) is 1. The Labute approximate surface area is 94.5 Å². The molecule has 0 aliphatic heterocycles. The Hall–Kier alpha value is -2.02. The van der Waals surface area contributed by atoms with E-state index in [1.165, 1.54) is 13.2 Å². The first-order valence-electron chi connectivity index (χ1n) is 4.87. The van der Waals surface area contributed by atoms with E-state index in [2.05, 4.69) is 9.72 Å². The Kier molecular flexibility index (Phi) is 3.51. The molecule has 0 saturated carbocycles.